The predicted molar refractivity (Wildman–Crippen MR) is 97.1 cm³/mol. The topological polar surface area (TPSA) is 101 Å². The van der Waals surface area contributed by atoms with Crippen molar-refractivity contribution in [2.24, 2.45) is 0 Å². The van der Waals surface area contributed by atoms with Crippen LogP contribution in [0, 0.1) is 6.92 Å². The number of benzene rings is 1. The summed E-state index contributed by atoms with van der Waals surface area (Å²) in [4.78, 5) is 23.3. The number of aromatic nitrogens is 2. The second-order valence-corrected chi connectivity index (χ2v) is 7.07. The molecule has 0 aliphatic rings. The Hall–Kier alpha value is -2.39. The number of carbonyl (C=O) groups is 2. The van der Waals surface area contributed by atoms with Gasteiger partial charge < -0.3 is 9.84 Å². The number of hydrogen-bond acceptors (Lipinski definition) is 8. The van der Waals surface area contributed by atoms with Gasteiger partial charge in [0.25, 0.3) is 5.91 Å². The molecule has 0 saturated carbocycles. The molecule has 1 aromatic heterocycles. The van der Waals surface area contributed by atoms with E-state index in [1.54, 1.807) is 19.1 Å². The zero-order valence-electron chi connectivity index (χ0n) is 13.7. The number of nitrogens with one attached hydrogen (secondary N) is 1. The number of ether oxygens (including phenoxy) is 1. The molecular weight excluding hydrogens is 362 g/mol. The lowest BCUT2D eigenvalue weighted by Crippen LogP contribution is -2.11. The van der Waals surface area contributed by atoms with Crippen LogP contribution in [0.25, 0.3) is 0 Å². The maximum absolute atomic E-state index is 12.1. The standard InChI is InChI=1S/C16H17N3O4S2/c1-3-23-13(21)8-12(20)9-24-16-19-18-15(25-16)17-14(22)11-6-4-10(2)5-7-11/h4-8,20H,3,9H2,1-2H3,(H,17,18,22)/b12-8-. The van der Waals surface area contributed by atoms with Crippen LogP contribution in [-0.4, -0.2) is 39.5 Å². The summed E-state index contributed by atoms with van der Waals surface area (Å²) in [7, 11) is 0. The summed E-state index contributed by atoms with van der Waals surface area (Å²) in [6.45, 7) is 3.88. The summed E-state index contributed by atoms with van der Waals surface area (Å²) < 4.78 is 5.26. The summed E-state index contributed by atoms with van der Waals surface area (Å²) >= 11 is 2.39. The van der Waals surface area contributed by atoms with Crippen LogP contribution in [0.2, 0.25) is 0 Å². The van der Waals surface area contributed by atoms with Crippen molar-refractivity contribution in [1.82, 2.24) is 10.2 Å². The fourth-order valence-electron chi connectivity index (χ4n) is 1.69. The van der Waals surface area contributed by atoms with Crippen LogP contribution < -0.4 is 5.32 Å². The molecular formula is C16H17N3O4S2. The number of aryl methyl sites for hydroxylation is 1. The quantitative estimate of drug-likeness (QED) is 0.250. The minimum atomic E-state index is -0.594. The molecule has 25 heavy (non-hydrogen) atoms. The number of esters is 1. The van der Waals surface area contributed by atoms with Gasteiger partial charge in [-0.15, -0.1) is 10.2 Å². The number of aliphatic hydroxyl groups excluding tert-OH is 1. The summed E-state index contributed by atoms with van der Waals surface area (Å²) in [5.74, 6) is -0.829. The van der Waals surface area contributed by atoms with Crippen molar-refractivity contribution in [3.8, 4) is 0 Å². The van der Waals surface area contributed by atoms with E-state index in [-0.39, 0.29) is 24.0 Å². The van der Waals surface area contributed by atoms with Crippen molar-refractivity contribution in [3.63, 3.8) is 0 Å². The lowest BCUT2D eigenvalue weighted by molar-refractivity contribution is -0.137. The van der Waals surface area contributed by atoms with E-state index in [2.05, 4.69) is 15.5 Å². The fourth-order valence-corrected chi connectivity index (χ4v) is 3.27. The zero-order valence-corrected chi connectivity index (χ0v) is 15.3. The predicted octanol–water partition coefficient (Wildman–Crippen LogP) is 3.20. The first-order valence-corrected chi connectivity index (χ1v) is 9.18. The van der Waals surface area contributed by atoms with Crippen LogP contribution >= 0.6 is 23.1 Å². The van der Waals surface area contributed by atoms with E-state index in [0.717, 1.165) is 11.6 Å². The van der Waals surface area contributed by atoms with Crippen molar-refractivity contribution in [1.29, 1.82) is 0 Å². The highest BCUT2D eigenvalue weighted by atomic mass is 32.2. The van der Waals surface area contributed by atoms with Gasteiger partial charge in [0.1, 0.15) is 5.76 Å². The first-order chi connectivity index (χ1) is 12.0. The third kappa shape index (κ3) is 6.20. The van der Waals surface area contributed by atoms with Crippen LogP contribution in [0.5, 0.6) is 0 Å². The van der Waals surface area contributed by atoms with Crippen molar-refractivity contribution in [3.05, 3.63) is 47.2 Å². The highest BCUT2D eigenvalue weighted by Crippen LogP contribution is 2.26. The van der Waals surface area contributed by atoms with E-state index < -0.39 is 5.97 Å². The molecule has 132 valence electrons. The Morgan fingerprint density at radius 3 is 2.72 bits per heavy atom. The molecule has 0 spiro atoms. The zero-order chi connectivity index (χ0) is 18.2. The molecule has 2 rings (SSSR count). The highest BCUT2D eigenvalue weighted by molar-refractivity contribution is 8.01. The molecule has 9 heteroatoms. The van der Waals surface area contributed by atoms with Gasteiger partial charge in [0, 0.05) is 5.56 Å². The maximum Gasteiger partial charge on any atom is 0.334 e. The van der Waals surface area contributed by atoms with Gasteiger partial charge in [-0.2, -0.15) is 0 Å². The Morgan fingerprint density at radius 2 is 2.04 bits per heavy atom. The summed E-state index contributed by atoms with van der Waals surface area (Å²) in [6, 6.07) is 7.18. The SMILES string of the molecule is CCOC(=O)/C=C(\O)CSc1nnc(NC(=O)c2ccc(C)cc2)s1. The number of hydrogen-bond donors (Lipinski definition) is 2. The van der Waals surface area contributed by atoms with Crippen molar-refractivity contribution in [2.45, 2.75) is 18.2 Å². The number of thioether (sulfide) groups is 1. The monoisotopic (exact) mass is 379 g/mol. The molecule has 1 amide bonds. The third-order valence-electron chi connectivity index (χ3n) is 2.86. The summed E-state index contributed by atoms with van der Waals surface area (Å²) in [5.41, 5.74) is 1.60. The number of nitrogens with zero attached hydrogens (tertiary/aromatic N) is 2. The van der Waals surface area contributed by atoms with Gasteiger partial charge in [0.05, 0.1) is 18.4 Å². The number of amides is 1. The number of carbonyl (C=O) groups excluding carboxylic acids is 2. The second kappa shape index (κ2) is 9.19. The summed E-state index contributed by atoms with van der Waals surface area (Å²) in [6.07, 6.45) is 1.03. The first kappa shape index (κ1) is 18.9. The molecule has 0 bridgehead atoms. The van der Waals surface area contributed by atoms with Crippen LogP contribution in [0.15, 0.2) is 40.4 Å². The van der Waals surface area contributed by atoms with Gasteiger partial charge in [-0.05, 0) is 26.0 Å². The molecule has 0 fully saturated rings. The molecule has 1 heterocycles. The Kier molecular flexibility index (Phi) is 6.96. The van der Waals surface area contributed by atoms with Gasteiger partial charge in [0.2, 0.25) is 5.13 Å². The molecule has 0 atom stereocenters. The maximum atomic E-state index is 12.1. The third-order valence-corrected chi connectivity index (χ3v) is 4.86. The molecule has 0 saturated heterocycles. The Balaban J connectivity index is 1.88. The van der Waals surface area contributed by atoms with E-state index in [4.69, 9.17) is 4.74 Å². The van der Waals surface area contributed by atoms with E-state index in [1.165, 1.54) is 23.1 Å². The average molecular weight is 379 g/mol. The van der Waals surface area contributed by atoms with Crippen molar-refractivity contribution in [2.75, 3.05) is 17.7 Å². The summed E-state index contributed by atoms with van der Waals surface area (Å²) in [5, 5.41) is 20.5. The lowest BCUT2D eigenvalue weighted by atomic mass is 10.1. The van der Waals surface area contributed by atoms with Gasteiger partial charge in [-0.3, -0.25) is 10.1 Å². The Morgan fingerprint density at radius 1 is 1.32 bits per heavy atom. The molecule has 1 aromatic carbocycles. The molecule has 0 radical (unpaired) electrons. The molecule has 7 nitrogen and oxygen atoms in total. The van der Waals surface area contributed by atoms with Crippen LogP contribution in [0.4, 0.5) is 5.13 Å². The fraction of sp³-hybridized carbons (Fsp3) is 0.250. The first-order valence-electron chi connectivity index (χ1n) is 7.38. The Labute approximate surface area is 153 Å². The van der Waals surface area contributed by atoms with Gasteiger partial charge in [-0.25, -0.2) is 4.79 Å². The van der Waals surface area contributed by atoms with E-state index in [0.29, 0.717) is 15.0 Å². The molecule has 0 unspecified atom stereocenters. The molecule has 0 aliphatic heterocycles. The van der Waals surface area contributed by atoms with E-state index in [9.17, 15) is 14.7 Å². The number of aliphatic hydroxyl groups is 1. The van der Waals surface area contributed by atoms with E-state index in [1.807, 2.05) is 19.1 Å². The van der Waals surface area contributed by atoms with Gasteiger partial charge in [-0.1, -0.05) is 40.8 Å². The second-order valence-electron chi connectivity index (χ2n) is 4.87. The van der Waals surface area contributed by atoms with Crippen LogP contribution in [-0.2, 0) is 9.53 Å². The Bertz CT molecular complexity index is 772. The minimum Gasteiger partial charge on any atom is -0.511 e. The van der Waals surface area contributed by atoms with Crippen LogP contribution in [0.3, 0.4) is 0 Å². The smallest absolute Gasteiger partial charge is 0.334 e. The number of rotatable bonds is 7. The van der Waals surface area contributed by atoms with Crippen molar-refractivity contribution >= 4 is 40.1 Å². The average Bonchev–Trinajstić information content (AvgIpc) is 3.01. The lowest BCUT2D eigenvalue weighted by Gasteiger charge is -2.01. The van der Waals surface area contributed by atoms with Gasteiger partial charge in [0.15, 0.2) is 4.34 Å². The van der Waals surface area contributed by atoms with Crippen molar-refractivity contribution < 1.29 is 19.4 Å². The number of anilines is 1. The highest BCUT2D eigenvalue weighted by Gasteiger charge is 2.11. The largest absolute Gasteiger partial charge is 0.511 e. The molecule has 2 aromatic rings. The molecule has 0 aliphatic carbocycles. The van der Waals surface area contributed by atoms with E-state index >= 15 is 0 Å². The van der Waals surface area contributed by atoms with Gasteiger partial charge >= 0.3 is 5.97 Å². The van der Waals surface area contributed by atoms with Crippen LogP contribution in [0.1, 0.15) is 22.8 Å². The molecule has 2 N–H and O–H groups in total. The minimum absolute atomic E-state index is 0.121. The normalized spacial score (nSPS) is 11.2.